The smallest absolute Gasteiger partial charge is 0.243 e. The lowest BCUT2D eigenvalue weighted by atomic mass is 10.1. The summed E-state index contributed by atoms with van der Waals surface area (Å²) >= 11 is 5.91. The van der Waals surface area contributed by atoms with E-state index in [1.165, 1.54) is 0 Å². The number of halogens is 1. The first-order valence-corrected chi connectivity index (χ1v) is 12.5. The molecule has 0 spiro atoms. The van der Waals surface area contributed by atoms with E-state index in [0.717, 1.165) is 43.4 Å². The number of benzene rings is 2. The van der Waals surface area contributed by atoms with Crippen molar-refractivity contribution in [3.8, 4) is 5.75 Å². The van der Waals surface area contributed by atoms with Crippen LogP contribution in [0.3, 0.4) is 0 Å². The second-order valence-electron chi connectivity index (χ2n) is 8.64. The van der Waals surface area contributed by atoms with E-state index in [0.29, 0.717) is 37.4 Å². The van der Waals surface area contributed by atoms with E-state index in [2.05, 4.69) is 17.4 Å². The third-order valence-corrected chi connectivity index (χ3v) is 6.44. The van der Waals surface area contributed by atoms with Crippen molar-refractivity contribution < 1.29 is 14.3 Å². The van der Waals surface area contributed by atoms with Crippen LogP contribution in [0.4, 0.5) is 0 Å². The van der Waals surface area contributed by atoms with Crippen LogP contribution in [-0.2, 0) is 16.0 Å². The van der Waals surface area contributed by atoms with Crippen LogP contribution >= 0.6 is 11.6 Å². The number of nitrogens with one attached hydrogen (secondary N) is 1. The van der Waals surface area contributed by atoms with Crippen LogP contribution in [0.15, 0.2) is 54.6 Å². The van der Waals surface area contributed by atoms with Gasteiger partial charge in [-0.05, 0) is 61.9 Å². The molecular weight excluding hydrogens is 436 g/mol. The molecule has 178 valence electrons. The van der Waals surface area contributed by atoms with Crippen LogP contribution in [0.25, 0.3) is 0 Å². The summed E-state index contributed by atoms with van der Waals surface area (Å²) in [5, 5.41) is 3.85. The molecule has 1 aliphatic rings. The van der Waals surface area contributed by atoms with Gasteiger partial charge in [0.15, 0.2) is 0 Å². The monoisotopic (exact) mass is 470 g/mol. The molecule has 0 saturated heterocycles. The summed E-state index contributed by atoms with van der Waals surface area (Å²) in [5.41, 5.74) is 1.16. The van der Waals surface area contributed by atoms with Gasteiger partial charge in [0.1, 0.15) is 11.8 Å². The third kappa shape index (κ3) is 8.08. The van der Waals surface area contributed by atoms with Crippen molar-refractivity contribution in [3.05, 3.63) is 65.2 Å². The molecule has 0 unspecified atom stereocenters. The van der Waals surface area contributed by atoms with Crippen molar-refractivity contribution in [1.29, 1.82) is 0 Å². The van der Waals surface area contributed by atoms with Crippen LogP contribution in [-0.4, -0.2) is 41.9 Å². The van der Waals surface area contributed by atoms with Crippen molar-refractivity contribution in [2.45, 2.75) is 70.4 Å². The number of hydrogen-bond donors (Lipinski definition) is 1. The van der Waals surface area contributed by atoms with E-state index >= 15 is 0 Å². The van der Waals surface area contributed by atoms with Gasteiger partial charge in [0, 0.05) is 24.0 Å². The zero-order valence-electron chi connectivity index (χ0n) is 19.5. The molecule has 5 nitrogen and oxygen atoms in total. The van der Waals surface area contributed by atoms with Gasteiger partial charge in [-0.2, -0.15) is 0 Å². The fraction of sp³-hybridized carbons (Fsp3) is 0.481. The Bertz CT molecular complexity index is 867. The maximum Gasteiger partial charge on any atom is 0.243 e. The molecule has 3 rings (SSSR count). The topological polar surface area (TPSA) is 58.6 Å². The lowest BCUT2D eigenvalue weighted by Gasteiger charge is -2.31. The van der Waals surface area contributed by atoms with Gasteiger partial charge in [-0.15, -0.1) is 0 Å². The molecule has 0 aromatic heterocycles. The number of hydrogen-bond acceptors (Lipinski definition) is 3. The number of carbonyl (C=O) groups excluding carboxylic acids is 2. The molecule has 6 heteroatoms. The molecule has 33 heavy (non-hydrogen) atoms. The molecule has 0 heterocycles. The third-order valence-electron chi connectivity index (χ3n) is 6.19. The van der Waals surface area contributed by atoms with Crippen LogP contribution in [0.2, 0.25) is 5.02 Å². The summed E-state index contributed by atoms with van der Waals surface area (Å²) in [7, 11) is 0. The molecule has 2 aromatic carbocycles. The summed E-state index contributed by atoms with van der Waals surface area (Å²) in [6.07, 6.45) is 6.63. The average Bonchev–Trinajstić information content (AvgIpc) is 3.34. The van der Waals surface area contributed by atoms with Crippen LogP contribution in [0.1, 0.15) is 57.4 Å². The Morgan fingerprint density at radius 1 is 1.09 bits per heavy atom. The van der Waals surface area contributed by atoms with Gasteiger partial charge in [0.25, 0.3) is 0 Å². The normalized spacial score (nSPS) is 14.6. The number of rotatable bonds is 12. The number of ether oxygens (including phenoxy) is 1. The van der Waals surface area contributed by atoms with E-state index < -0.39 is 6.04 Å². The summed E-state index contributed by atoms with van der Waals surface area (Å²) in [5.74, 6) is 0.706. The highest BCUT2D eigenvalue weighted by Gasteiger charge is 2.30. The van der Waals surface area contributed by atoms with Gasteiger partial charge < -0.3 is 15.0 Å². The molecule has 2 amide bonds. The van der Waals surface area contributed by atoms with Gasteiger partial charge in [-0.1, -0.05) is 61.7 Å². The predicted molar refractivity (Wildman–Crippen MR) is 133 cm³/mol. The van der Waals surface area contributed by atoms with E-state index in [9.17, 15) is 9.59 Å². The van der Waals surface area contributed by atoms with E-state index in [1.807, 2.05) is 37.3 Å². The second kappa shape index (κ2) is 13.2. The Labute approximate surface area is 202 Å². The van der Waals surface area contributed by atoms with Gasteiger partial charge in [0.05, 0.1) is 6.61 Å². The fourth-order valence-electron chi connectivity index (χ4n) is 4.35. The Morgan fingerprint density at radius 2 is 1.79 bits per heavy atom. The minimum atomic E-state index is -0.445. The molecule has 2 aromatic rings. The highest BCUT2D eigenvalue weighted by atomic mass is 35.5. The Morgan fingerprint density at radius 3 is 2.45 bits per heavy atom. The quantitative estimate of drug-likeness (QED) is 0.422. The summed E-state index contributed by atoms with van der Waals surface area (Å²) in [6, 6.07) is 17.1. The molecule has 1 fully saturated rings. The predicted octanol–water partition coefficient (Wildman–Crippen LogP) is 5.41. The van der Waals surface area contributed by atoms with Crippen LogP contribution < -0.4 is 10.1 Å². The Hall–Kier alpha value is -2.53. The number of amides is 2. The van der Waals surface area contributed by atoms with Gasteiger partial charge >= 0.3 is 0 Å². The van der Waals surface area contributed by atoms with Crippen molar-refractivity contribution in [2.24, 2.45) is 0 Å². The molecule has 1 aliphatic carbocycles. The fourth-order valence-corrected chi connectivity index (χ4v) is 4.48. The lowest BCUT2D eigenvalue weighted by Crippen LogP contribution is -2.51. The van der Waals surface area contributed by atoms with E-state index in [4.69, 9.17) is 16.3 Å². The minimum absolute atomic E-state index is 0.000871. The van der Waals surface area contributed by atoms with Crippen molar-refractivity contribution in [2.75, 3.05) is 13.2 Å². The number of carbonyl (C=O) groups is 2. The summed E-state index contributed by atoms with van der Waals surface area (Å²) < 4.78 is 5.73. The molecule has 1 N–H and O–H groups in total. The second-order valence-corrected chi connectivity index (χ2v) is 9.08. The van der Waals surface area contributed by atoms with Gasteiger partial charge in [-0.25, -0.2) is 0 Å². The lowest BCUT2D eigenvalue weighted by molar-refractivity contribution is -0.141. The first kappa shape index (κ1) is 25.1. The first-order valence-electron chi connectivity index (χ1n) is 12.1. The van der Waals surface area contributed by atoms with Crippen molar-refractivity contribution >= 4 is 23.4 Å². The van der Waals surface area contributed by atoms with E-state index in [-0.39, 0.29) is 17.9 Å². The van der Waals surface area contributed by atoms with Gasteiger partial charge in [-0.3, -0.25) is 9.59 Å². The molecule has 1 atom stereocenters. The zero-order valence-corrected chi connectivity index (χ0v) is 20.2. The first-order chi connectivity index (χ1) is 16.1. The van der Waals surface area contributed by atoms with Crippen molar-refractivity contribution in [1.82, 2.24) is 10.2 Å². The maximum atomic E-state index is 13.2. The molecular formula is C27H35ClN2O3. The highest BCUT2D eigenvalue weighted by molar-refractivity contribution is 6.30. The number of nitrogens with zero attached hydrogens (tertiary/aromatic N) is 1. The maximum absolute atomic E-state index is 13.2. The average molecular weight is 471 g/mol. The largest absolute Gasteiger partial charge is 0.494 e. The Balaban J connectivity index is 1.59. The molecule has 0 bridgehead atoms. The summed E-state index contributed by atoms with van der Waals surface area (Å²) in [4.78, 5) is 28.1. The summed E-state index contributed by atoms with van der Waals surface area (Å²) in [6.45, 7) is 2.94. The minimum Gasteiger partial charge on any atom is -0.494 e. The molecule has 0 aliphatic heterocycles. The molecule has 1 saturated carbocycles. The van der Waals surface area contributed by atoms with Crippen molar-refractivity contribution in [3.63, 3.8) is 0 Å². The van der Waals surface area contributed by atoms with Gasteiger partial charge in [0.2, 0.25) is 11.8 Å². The van der Waals surface area contributed by atoms with E-state index in [1.54, 1.807) is 17.0 Å². The standard InChI is InChI=1S/C27H35ClN2O3/c1-2-25(27(32)29-23-11-6-7-12-23)30(19-18-21-9-4-3-5-10-21)26(31)13-8-20-33-24-16-14-22(28)15-17-24/h3-5,9-10,14-17,23,25H,2,6-8,11-13,18-20H2,1H3,(H,29,32)/t25-/m0/s1. The zero-order chi connectivity index (χ0) is 23.5. The van der Waals surface area contributed by atoms with Crippen LogP contribution in [0, 0.1) is 0 Å². The van der Waals surface area contributed by atoms with Crippen LogP contribution in [0.5, 0.6) is 5.75 Å². The SMILES string of the molecule is CC[C@@H](C(=O)NC1CCCC1)N(CCc1ccccc1)C(=O)CCCOc1ccc(Cl)cc1. The Kier molecular flexibility index (Phi) is 10.1. The molecule has 0 radical (unpaired) electrons. The highest BCUT2D eigenvalue weighted by Crippen LogP contribution is 2.19.